The molecule has 8 heavy (non-hydrogen) atoms. The number of hydrogen-bond acceptors (Lipinski definition) is 1. The van der Waals surface area contributed by atoms with E-state index in [1.54, 1.807) is 0 Å². The van der Waals surface area contributed by atoms with Crippen LogP contribution in [0.5, 0.6) is 0 Å². The van der Waals surface area contributed by atoms with Crippen molar-refractivity contribution in [2.45, 2.75) is 26.1 Å². The van der Waals surface area contributed by atoms with E-state index in [9.17, 15) is 4.79 Å². The van der Waals surface area contributed by atoms with Crippen LogP contribution < -0.4 is 0 Å². The van der Waals surface area contributed by atoms with Crippen molar-refractivity contribution in [3.8, 4) is 0 Å². The molecule has 0 heterocycles. The first-order valence-corrected chi connectivity index (χ1v) is 2.63. The molecule has 1 fully saturated rings. The van der Waals surface area contributed by atoms with Gasteiger partial charge in [-0.3, -0.25) is 4.79 Å². The average Bonchev–Trinajstić information content (AvgIpc) is 1.52. The molecule has 2 heteroatoms. The fraction of sp³-hybridized carbons (Fsp3) is 0.833. The molecular formula is C6H10O2. The van der Waals surface area contributed by atoms with Crippen LogP contribution in [0.2, 0.25) is 0 Å². The number of carboxylic acid groups (broad SMARTS) is 1. The zero-order chi connectivity index (χ0) is 8.70. The van der Waals surface area contributed by atoms with Crippen molar-refractivity contribution in [2.24, 2.45) is 5.41 Å². The maximum atomic E-state index is 10.6. The van der Waals surface area contributed by atoms with Crippen LogP contribution in [0.4, 0.5) is 0 Å². The average molecular weight is 117 g/mol. The van der Waals surface area contributed by atoms with Gasteiger partial charge in [0.2, 0.25) is 0 Å². The lowest BCUT2D eigenvalue weighted by molar-refractivity contribution is -0.152. The predicted molar refractivity (Wildman–Crippen MR) is 29.6 cm³/mol. The van der Waals surface area contributed by atoms with Crippen LogP contribution in [0.25, 0.3) is 0 Å². The van der Waals surface area contributed by atoms with Crippen LogP contribution in [0.15, 0.2) is 0 Å². The number of hydrogen-bond donors (Lipinski definition) is 1. The third kappa shape index (κ3) is 0.602. The van der Waals surface area contributed by atoms with Gasteiger partial charge in [0.25, 0.3) is 0 Å². The Morgan fingerprint density at radius 2 is 2.50 bits per heavy atom. The normalized spacial score (nSPS) is 31.2. The molecule has 46 valence electrons. The smallest absolute Gasteiger partial charge is 0.309 e. The van der Waals surface area contributed by atoms with Gasteiger partial charge in [-0.05, 0) is 19.7 Å². The number of carbonyl (C=O) groups is 1. The Labute approximate surface area is 52.7 Å². The van der Waals surface area contributed by atoms with E-state index >= 15 is 0 Å². The summed E-state index contributed by atoms with van der Waals surface area (Å²) in [6.07, 6.45) is 1.29. The molecular weight excluding hydrogens is 104 g/mol. The standard InChI is InChI=1S/C6H10O2/c1-6(5(7)8)3-2-4-6/h2-4H2,1H3,(H,7,8)/i1D3. The van der Waals surface area contributed by atoms with Crippen molar-refractivity contribution in [1.82, 2.24) is 0 Å². The molecule has 0 aromatic rings. The highest BCUT2D eigenvalue weighted by atomic mass is 16.4. The molecule has 0 saturated heterocycles. The highest BCUT2D eigenvalue weighted by molar-refractivity contribution is 5.75. The highest BCUT2D eigenvalue weighted by Gasteiger charge is 2.38. The second kappa shape index (κ2) is 1.47. The van der Waals surface area contributed by atoms with E-state index in [-0.39, 0.29) is 0 Å². The van der Waals surface area contributed by atoms with E-state index in [2.05, 4.69) is 0 Å². The third-order valence-corrected chi connectivity index (χ3v) is 1.62. The van der Waals surface area contributed by atoms with Gasteiger partial charge in [-0.1, -0.05) is 6.42 Å². The van der Waals surface area contributed by atoms with Crippen molar-refractivity contribution in [1.29, 1.82) is 0 Å². The second-order valence-electron chi connectivity index (χ2n) is 2.24. The van der Waals surface area contributed by atoms with Gasteiger partial charge in [0.05, 0.1) is 5.41 Å². The van der Waals surface area contributed by atoms with Gasteiger partial charge >= 0.3 is 5.97 Å². The first-order valence-electron chi connectivity index (χ1n) is 4.13. The van der Waals surface area contributed by atoms with Gasteiger partial charge in [-0.2, -0.15) is 0 Å². The van der Waals surface area contributed by atoms with Crippen LogP contribution in [0.3, 0.4) is 0 Å². The fourth-order valence-electron chi connectivity index (χ4n) is 0.744. The molecule has 0 aromatic carbocycles. The first kappa shape index (κ1) is 2.85. The maximum absolute atomic E-state index is 10.6. The van der Waals surface area contributed by atoms with Crippen molar-refractivity contribution < 1.29 is 14.0 Å². The Morgan fingerprint density at radius 1 is 1.88 bits per heavy atom. The molecule has 0 atom stereocenters. The molecule has 0 amide bonds. The van der Waals surface area contributed by atoms with E-state index in [4.69, 9.17) is 9.22 Å². The molecule has 0 aromatic heterocycles. The molecule has 2 nitrogen and oxygen atoms in total. The molecule has 0 aliphatic heterocycles. The SMILES string of the molecule is [2H]C([2H])([2H])C1(C(=O)O)CCC1. The van der Waals surface area contributed by atoms with Crippen molar-refractivity contribution >= 4 is 5.97 Å². The number of aliphatic carboxylic acids is 1. The molecule has 1 aliphatic rings. The van der Waals surface area contributed by atoms with Crippen LogP contribution in [-0.4, -0.2) is 11.1 Å². The van der Waals surface area contributed by atoms with Gasteiger partial charge in [-0.25, -0.2) is 0 Å². The summed E-state index contributed by atoms with van der Waals surface area (Å²) in [5.74, 6) is -1.18. The minimum atomic E-state index is -2.34. The Morgan fingerprint density at radius 3 is 2.50 bits per heavy atom. The van der Waals surface area contributed by atoms with Crippen molar-refractivity contribution in [2.75, 3.05) is 0 Å². The first-order chi connectivity index (χ1) is 4.90. The zero-order valence-electron chi connectivity index (χ0n) is 7.48. The monoisotopic (exact) mass is 117 g/mol. The summed E-state index contributed by atoms with van der Waals surface area (Å²) >= 11 is 0. The summed E-state index contributed by atoms with van der Waals surface area (Å²) in [7, 11) is 0. The second-order valence-corrected chi connectivity index (χ2v) is 2.24. The largest absolute Gasteiger partial charge is 0.481 e. The Bertz CT molecular complexity index is 181. The summed E-state index contributed by atoms with van der Waals surface area (Å²) in [4.78, 5) is 10.6. The van der Waals surface area contributed by atoms with E-state index in [0.29, 0.717) is 19.3 Å². The van der Waals surface area contributed by atoms with Crippen molar-refractivity contribution in [3.05, 3.63) is 0 Å². The van der Waals surface area contributed by atoms with Crippen LogP contribution in [0, 0.1) is 5.41 Å². The minimum absolute atomic E-state index is 0.291. The van der Waals surface area contributed by atoms with Crippen LogP contribution in [-0.2, 0) is 4.79 Å². The lowest BCUT2D eigenvalue weighted by Crippen LogP contribution is -2.34. The van der Waals surface area contributed by atoms with E-state index in [1.807, 2.05) is 0 Å². The Hall–Kier alpha value is -0.530. The molecule has 1 N–H and O–H groups in total. The van der Waals surface area contributed by atoms with Gasteiger partial charge in [0.1, 0.15) is 0 Å². The predicted octanol–water partition coefficient (Wildman–Crippen LogP) is 1.26. The summed E-state index contributed by atoms with van der Waals surface area (Å²) in [5.41, 5.74) is -1.42. The molecule has 0 bridgehead atoms. The van der Waals surface area contributed by atoms with Crippen LogP contribution >= 0.6 is 0 Å². The molecule has 1 rings (SSSR count). The summed E-state index contributed by atoms with van der Waals surface area (Å²) < 4.78 is 21.1. The topological polar surface area (TPSA) is 37.3 Å². The van der Waals surface area contributed by atoms with Crippen molar-refractivity contribution in [3.63, 3.8) is 0 Å². The van der Waals surface area contributed by atoms with E-state index < -0.39 is 18.2 Å². The molecule has 1 aliphatic carbocycles. The lowest BCUT2D eigenvalue weighted by atomic mass is 9.71. The Balaban J connectivity index is 2.85. The summed E-state index contributed by atoms with van der Waals surface area (Å²) in [5, 5.41) is 8.66. The minimum Gasteiger partial charge on any atom is -0.481 e. The maximum Gasteiger partial charge on any atom is 0.309 e. The van der Waals surface area contributed by atoms with Gasteiger partial charge in [-0.15, -0.1) is 0 Å². The number of rotatable bonds is 1. The molecule has 1 saturated carbocycles. The number of carboxylic acids is 1. The van der Waals surface area contributed by atoms with E-state index in [0.717, 1.165) is 0 Å². The summed E-state index contributed by atoms with van der Waals surface area (Å²) in [6, 6.07) is 0. The molecule has 0 unspecified atom stereocenters. The molecule has 0 radical (unpaired) electrons. The van der Waals surface area contributed by atoms with E-state index in [1.165, 1.54) is 0 Å². The lowest BCUT2D eigenvalue weighted by Gasteiger charge is -2.33. The molecule has 0 spiro atoms. The third-order valence-electron chi connectivity index (χ3n) is 1.62. The summed E-state index contributed by atoms with van der Waals surface area (Å²) in [6.45, 7) is -2.34. The van der Waals surface area contributed by atoms with Gasteiger partial charge < -0.3 is 5.11 Å². The quantitative estimate of drug-likeness (QED) is 0.561. The zero-order valence-corrected chi connectivity index (χ0v) is 4.48. The highest BCUT2D eigenvalue weighted by Crippen LogP contribution is 2.40. The van der Waals surface area contributed by atoms with Gasteiger partial charge in [0.15, 0.2) is 0 Å². The van der Waals surface area contributed by atoms with Crippen LogP contribution in [0.1, 0.15) is 30.2 Å². The fourth-order valence-corrected chi connectivity index (χ4v) is 0.744. The van der Waals surface area contributed by atoms with Gasteiger partial charge in [0, 0.05) is 4.11 Å². The Kier molecular flexibility index (Phi) is 0.525.